The first kappa shape index (κ1) is 26.3. The topological polar surface area (TPSA) is 108 Å². The number of amides is 1. The number of likely N-dealkylation sites (N-methyl/N-ethyl adjacent to an activating group) is 1. The molecule has 0 atom stereocenters. The van der Waals surface area contributed by atoms with Crippen LogP contribution in [0.5, 0.6) is 0 Å². The summed E-state index contributed by atoms with van der Waals surface area (Å²) in [5.41, 5.74) is 11.3. The van der Waals surface area contributed by atoms with Crippen LogP contribution in [0.4, 0.5) is 17.2 Å². The lowest BCUT2D eigenvalue weighted by Crippen LogP contribution is -2.45. The molecule has 10 heteroatoms. The summed E-state index contributed by atoms with van der Waals surface area (Å²) in [5.74, 6) is 0.137. The van der Waals surface area contributed by atoms with Crippen molar-refractivity contribution in [3.8, 4) is 17.2 Å². The number of nitrogens with two attached hydrogens (primary N) is 1. The van der Waals surface area contributed by atoms with E-state index in [4.69, 9.17) is 5.73 Å². The summed E-state index contributed by atoms with van der Waals surface area (Å²) in [6.45, 7) is 5.50. The van der Waals surface area contributed by atoms with Crippen LogP contribution >= 0.6 is 0 Å². The Morgan fingerprint density at radius 3 is 2.56 bits per heavy atom. The quantitative estimate of drug-likeness (QED) is 0.362. The highest BCUT2D eigenvalue weighted by atomic mass is 16.1. The number of piperazine rings is 1. The number of hydrogen-bond donors (Lipinski definition) is 2. The second-order valence-electron chi connectivity index (χ2n) is 10.1. The summed E-state index contributed by atoms with van der Waals surface area (Å²) >= 11 is 0. The van der Waals surface area contributed by atoms with Crippen LogP contribution in [0.1, 0.15) is 15.9 Å². The molecule has 1 amide bonds. The van der Waals surface area contributed by atoms with E-state index in [2.05, 4.69) is 55.4 Å². The van der Waals surface area contributed by atoms with E-state index < -0.39 is 0 Å². The van der Waals surface area contributed by atoms with Gasteiger partial charge in [-0.1, -0.05) is 24.3 Å². The molecule has 4 aromatic rings. The predicted molar refractivity (Wildman–Crippen MR) is 155 cm³/mol. The number of nitrogens with zero attached hydrogens (tertiary/aromatic N) is 7. The van der Waals surface area contributed by atoms with Crippen molar-refractivity contribution in [3.63, 3.8) is 0 Å². The summed E-state index contributed by atoms with van der Waals surface area (Å²) in [6.07, 6.45) is 4.08. The van der Waals surface area contributed by atoms with Gasteiger partial charge in [-0.15, -0.1) is 0 Å². The van der Waals surface area contributed by atoms with Gasteiger partial charge in [-0.25, -0.2) is 9.97 Å². The largest absolute Gasteiger partial charge is 0.383 e. The minimum Gasteiger partial charge on any atom is -0.383 e. The lowest BCUT2D eigenvalue weighted by molar-refractivity contribution is 0.102. The molecule has 0 aliphatic carbocycles. The second kappa shape index (κ2) is 11.6. The Balaban J connectivity index is 1.24. The van der Waals surface area contributed by atoms with Gasteiger partial charge < -0.3 is 25.8 Å². The van der Waals surface area contributed by atoms with Crippen LogP contribution in [0, 0.1) is 0 Å². The minimum atomic E-state index is -0.334. The van der Waals surface area contributed by atoms with Gasteiger partial charge in [-0.3, -0.25) is 4.79 Å². The maximum absolute atomic E-state index is 13.0. The Morgan fingerprint density at radius 1 is 1.05 bits per heavy atom. The molecule has 10 nitrogen and oxygen atoms in total. The zero-order valence-corrected chi connectivity index (χ0v) is 22.7. The van der Waals surface area contributed by atoms with Crippen LogP contribution in [-0.2, 0) is 6.42 Å². The first-order chi connectivity index (χ1) is 18.9. The Bertz CT molecular complexity index is 1420. The molecule has 1 saturated heterocycles. The van der Waals surface area contributed by atoms with E-state index in [-0.39, 0.29) is 17.3 Å². The minimum absolute atomic E-state index is 0.176. The number of benzene rings is 2. The molecule has 3 heterocycles. The third-order valence-corrected chi connectivity index (χ3v) is 7.07. The smallest absolute Gasteiger partial charge is 0.261 e. The molecule has 0 radical (unpaired) electrons. The van der Waals surface area contributed by atoms with Crippen molar-refractivity contribution in [2.75, 3.05) is 69.8 Å². The lowest BCUT2D eigenvalue weighted by atomic mass is 10.1. The van der Waals surface area contributed by atoms with Crippen molar-refractivity contribution in [3.05, 3.63) is 78.1 Å². The molecule has 0 saturated carbocycles. The molecule has 0 unspecified atom stereocenters. The third-order valence-electron chi connectivity index (χ3n) is 7.07. The molecular weight excluding hydrogens is 490 g/mol. The maximum Gasteiger partial charge on any atom is 0.261 e. The zero-order valence-electron chi connectivity index (χ0n) is 22.7. The van der Waals surface area contributed by atoms with Crippen molar-refractivity contribution < 1.29 is 4.79 Å². The van der Waals surface area contributed by atoms with Gasteiger partial charge in [0.05, 0.1) is 11.9 Å². The molecule has 3 N–H and O–H groups in total. The molecular formula is C29H35N9O. The number of nitrogens with one attached hydrogen (secondary N) is 1. The van der Waals surface area contributed by atoms with Gasteiger partial charge in [0, 0.05) is 70.0 Å². The van der Waals surface area contributed by atoms with Gasteiger partial charge in [0.2, 0.25) is 0 Å². The van der Waals surface area contributed by atoms with E-state index in [9.17, 15) is 4.79 Å². The van der Waals surface area contributed by atoms with Crippen LogP contribution in [0.3, 0.4) is 0 Å². The fourth-order valence-corrected chi connectivity index (χ4v) is 4.56. The highest BCUT2D eigenvalue weighted by Crippen LogP contribution is 2.24. The molecule has 1 aliphatic rings. The van der Waals surface area contributed by atoms with E-state index in [0.717, 1.165) is 56.1 Å². The fourth-order valence-electron chi connectivity index (χ4n) is 4.56. The van der Waals surface area contributed by atoms with Crippen LogP contribution in [0.2, 0.25) is 0 Å². The van der Waals surface area contributed by atoms with E-state index in [1.165, 1.54) is 16.4 Å². The number of hydrogen-bond acceptors (Lipinski definition) is 8. The number of anilines is 3. The molecule has 0 spiro atoms. The molecule has 202 valence electrons. The first-order valence-electron chi connectivity index (χ1n) is 13.1. The Hall–Kier alpha value is -4.28. The van der Waals surface area contributed by atoms with Crippen LogP contribution < -0.4 is 16.0 Å². The summed E-state index contributed by atoms with van der Waals surface area (Å²) in [5, 5.41) is 7.23. The van der Waals surface area contributed by atoms with Crippen molar-refractivity contribution in [1.29, 1.82) is 0 Å². The summed E-state index contributed by atoms with van der Waals surface area (Å²) < 4.78 is 1.38. The summed E-state index contributed by atoms with van der Waals surface area (Å²) in [6, 6.07) is 17.9. The Morgan fingerprint density at radius 2 is 1.82 bits per heavy atom. The lowest BCUT2D eigenvalue weighted by Gasteiger charge is -2.32. The fraction of sp³-hybridized carbons (Fsp3) is 0.310. The normalized spacial score (nSPS) is 14.3. The molecule has 1 aliphatic heterocycles. The molecule has 5 rings (SSSR count). The molecule has 1 fully saturated rings. The predicted octanol–water partition coefficient (Wildman–Crippen LogP) is 3.02. The molecule has 0 bridgehead atoms. The number of carbonyl (C=O) groups excluding carboxylic acids is 1. The average molecular weight is 526 g/mol. The van der Waals surface area contributed by atoms with Crippen LogP contribution in [-0.4, -0.2) is 89.3 Å². The first-order valence-corrected chi connectivity index (χ1v) is 13.1. The zero-order chi connectivity index (χ0) is 27.4. The summed E-state index contributed by atoms with van der Waals surface area (Å²) in [7, 11) is 6.15. The summed E-state index contributed by atoms with van der Waals surface area (Å²) in [4.78, 5) is 28.9. The van der Waals surface area contributed by atoms with Crippen molar-refractivity contribution in [1.82, 2.24) is 29.5 Å². The second-order valence-corrected chi connectivity index (χ2v) is 10.1. The molecule has 2 aromatic heterocycles. The molecule has 2 aromatic carbocycles. The highest BCUT2D eigenvalue weighted by molar-refractivity contribution is 6.07. The number of rotatable bonds is 8. The average Bonchev–Trinajstić information content (AvgIpc) is 3.35. The highest BCUT2D eigenvalue weighted by Gasteiger charge is 2.18. The number of nitrogen functional groups attached to an aromatic ring is 1. The number of carbonyl (C=O) groups is 1. The maximum atomic E-state index is 13.0. The van der Waals surface area contributed by atoms with Gasteiger partial charge >= 0.3 is 0 Å². The van der Waals surface area contributed by atoms with E-state index in [0.29, 0.717) is 11.6 Å². The third kappa shape index (κ3) is 6.24. The van der Waals surface area contributed by atoms with Crippen LogP contribution in [0.15, 0.2) is 67.0 Å². The van der Waals surface area contributed by atoms with Gasteiger partial charge in [0.1, 0.15) is 11.4 Å². The number of aromatic nitrogens is 4. The van der Waals surface area contributed by atoms with E-state index in [1.807, 2.05) is 55.4 Å². The molecule has 39 heavy (non-hydrogen) atoms. The van der Waals surface area contributed by atoms with Crippen molar-refractivity contribution in [2.45, 2.75) is 6.42 Å². The van der Waals surface area contributed by atoms with Crippen molar-refractivity contribution in [2.24, 2.45) is 0 Å². The Kier molecular flexibility index (Phi) is 7.85. The van der Waals surface area contributed by atoms with Gasteiger partial charge in [-0.05, 0) is 49.4 Å². The van der Waals surface area contributed by atoms with Gasteiger partial charge in [-0.2, -0.15) is 9.78 Å². The van der Waals surface area contributed by atoms with Crippen molar-refractivity contribution >= 4 is 23.1 Å². The monoisotopic (exact) mass is 525 g/mol. The SMILES string of the molecule is CN1CCN(CCc2ccc(NC(=O)c3cnn(-c4nccc(-c5cccc(N(C)C)c5)n4)c3N)cc2)CC1. The standard InChI is InChI=1S/C29H35N9O/c1-35(2)24-6-4-5-22(19-24)26-11-13-31-29(34-26)38-27(30)25(20-32-38)28(39)33-23-9-7-21(8-10-23)12-14-37-17-15-36(3)16-18-37/h4-11,13,19-20H,12,14-18,30H2,1-3H3,(H,33,39). The van der Waals surface area contributed by atoms with Gasteiger partial charge in [0.15, 0.2) is 0 Å². The van der Waals surface area contributed by atoms with E-state index >= 15 is 0 Å². The van der Waals surface area contributed by atoms with E-state index in [1.54, 1.807) is 6.20 Å². The van der Waals surface area contributed by atoms with Gasteiger partial charge in [0.25, 0.3) is 11.9 Å². The van der Waals surface area contributed by atoms with Crippen LogP contribution in [0.25, 0.3) is 17.2 Å². The Labute approximate surface area is 229 Å².